The average molecular weight is 349 g/mol. The molecule has 24 heavy (non-hydrogen) atoms. The first-order chi connectivity index (χ1) is 11.2. The van der Waals surface area contributed by atoms with Gasteiger partial charge in [-0.3, -0.25) is 4.72 Å². The highest BCUT2D eigenvalue weighted by Crippen LogP contribution is 2.27. The van der Waals surface area contributed by atoms with E-state index in [1.807, 2.05) is 20.8 Å². The Hall–Kier alpha value is -2.21. The lowest BCUT2D eigenvalue weighted by Gasteiger charge is -2.14. The third-order valence-electron chi connectivity index (χ3n) is 3.46. The van der Waals surface area contributed by atoms with E-state index in [1.165, 1.54) is 0 Å². The van der Waals surface area contributed by atoms with E-state index in [4.69, 9.17) is 9.47 Å². The molecule has 0 unspecified atom stereocenters. The van der Waals surface area contributed by atoms with Crippen molar-refractivity contribution in [2.24, 2.45) is 0 Å². The summed E-state index contributed by atoms with van der Waals surface area (Å²) in [6.07, 6.45) is 0.0671. The molecule has 0 aliphatic heterocycles. The first-order valence-electron chi connectivity index (χ1n) is 7.67. The maximum atomic E-state index is 12.7. The molecule has 0 fully saturated rings. The molecule has 0 aliphatic carbocycles. The third-order valence-corrected chi connectivity index (χ3v) is 4.98. The molecule has 0 bridgehead atoms. The Bertz CT molecular complexity index is 812. The predicted molar refractivity (Wildman–Crippen MR) is 95.5 cm³/mol. The number of anilines is 1. The molecule has 2 aromatic rings. The number of ether oxygens (including phenoxy) is 2. The van der Waals surface area contributed by atoms with Gasteiger partial charge in [-0.1, -0.05) is 0 Å². The van der Waals surface area contributed by atoms with Gasteiger partial charge in [-0.05, 0) is 75.2 Å². The molecular weight excluding hydrogens is 326 g/mol. The summed E-state index contributed by atoms with van der Waals surface area (Å²) >= 11 is 0. The zero-order valence-corrected chi connectivity index (χ0v) is 15.4. The van der Waals surface area contributed by atoms with Crippen molar-refractivity contribution >= 4 is 15.7 Å². The van der Waals surface area contributed by atoms with Crippen molar-refractivity contribution in [1.29, 1.82) is 0 Å². The van der Waals surface area contributed by atoms with E-state index >= 15 is 0 Å². The van der Waals surface area contributed by atoms with Gasteiger partial charge in [0.2, 0.25) is 0 Å². The van der Waals surface area contributed by atoms with Gasteiger partial charge in [0.25, 0.3) is 10.0 Å². The molecule has 2 aromatic carbocycles. The second-order valence-electron chi connectivity index (χ2n) is 5.88. The van der Waals surface area contributed by atoms with Crippen molar-refractivity contribution in [3.63, 3.8) is 0 Å². The van der Waals surface area contributed by atoms with Crippen LogP contribution in [0.2, 0.25) is 0 Å². The zero-order valence-electron chi connectivity index (χ0n) is 14.6. The molecular formula is C18H23NO4S. The fourth-order valence-corrected chi connectivity index (χ4v) is 3.73. The van der Waals surface area contributed by atoms with E-state index in [1.54, 1.807) is 50.4 Å². The number of nitrogens with one attached hydrogen (secondary N) is 1. The number of sulfonamides is 1. The summed E-state index contributed by atoms with van der Waals surface area (Å²) in [5, 5.41) is 0. The van der Waals surface area contributed by atoms with E-state index in [-0.39, 0.29) is 11.0 Å². The Morgan fingerprint density at radius 1 is 1.00 bits per heavy atom. The highest BCUT2D eigenvalue weighted by molar-refractivity contribution is 7.92. The van der Waals surface area contributed by atoms with Crippen LogP contribution in [0.25, 0.3) is 0 Å². The first kappa shape index (κ1) is 18.1. The van der Waals surface area contributed by atoms with Crippen LogP contribution in [0.3, 0.4) is 0 Å². The van der Waals surface area contributed by atoms with Gasteiger partial charge in [-0.25, -0.2) is 8.42 Å². The van der Waals surface area contributed by atoms with Gasteiger partial charge in [0.1, 0.15) is 11.5 Å². The Morgan fingerprint density at radius 2 is 1.62 bits per heavy atom. The van der Waals surface area contributed by atoms with Gasteiger partial charge in [0.05, 0.1) is 18.1 Å². The molecule has 0 amide bonds. The van der Waals surface area contributed by atoms with Crippen molar-refractivity contribution in [2.75, 3.05) is 11.8 Å². The molecule has 2 rings (SSSR count). The zero-order chi connectivity index (χ0) is 17.9. The van der Waals surface area contributed by atoms with Crippen molar-refractivity contribution in [3.8, 4) is 11.5 Å². The molecule has 0 spiro atoms. The summed E-state index contributed by atoms with van der Waals surface area (Å²) in [6, 6.07) is 10.2. The van der Waals surface area contributed by atoms with Crippen molar-refractivity contribution in [3.05, 3.63) is 47.5 Å². The van der Waals surface area contributed by atoms with Crippen LogP contribution in [0.4, 0.5) is 5.69 Å². The van der Waals surface area contributed by atoms with Gasteiger partial charge >= 0.3 is 0 Å². The molecule has 0 radical (unpaired) electrons. The standard InChI is InChI=1S/C18H23NO4S/c1-12(2)23-16-8-6-15(7-9-16)19-24(20,21)18-11-13(3)17(22-5)10-14(18)4/h6-12,19H,1-5H3. The fraction of sp³-hybridized carbons (Fsp3) is 0.333. The lowest BCUT2D eigenvalue weighted by Crippen LogP contribution is -2.14. The summed E-state index contributed by atoms with van der Waals surface area (Å²) in [4.78, 5) is 0.239. The molecule has 0 atom stereocenters. The van der Waals surface area contributed by atoms with Gasteiger partial charge < -0.3 is 9.47 Å². The van der Waals surface area contributed by atoms with E-state index in [9.17, 15) is 8.42 Å². The van der Waals surface area contributed by atoms with Crippen LogP contribution in [0, 0.1) is 13.8 Å². The number of hydrogen-bond acceptors (Lipinski definition) is 4. The summed E-state index contributed by atoms with van der Waals surface area (Å²) in [5.74, 6) is 1.37. The first-order valence-corrected chi connectivity index (χ1v) is 9.16. The van der Waals surface area contributed by atoms with Gasteiger partial charge in [-0.15, -0.1) is 0 Å². The number of rotatable bonds is 6. The second-order valence-corrected chi connectivity index (χ2v) is 7.53. The van der Waals surface area contributed by atoms with Crippen LogP contribution in [-0.4, -0.2) is 21.6 Å². The topological polar surface area (TPSA) is 64.6 Å². The minimum Gasteiger partial charge on any atom is -0.496 e. The Balaban J connectivity index is 2.27. The van der Waals surface area contributed by atoms with Crippen LogP contribution in [0.15, 0.2) is 41.3 Å². The molecule has 0 saturated carbocycles. The van der Waals surface area contributed by atoms with Crippen molar-refractivity contribution in [2.45, 2.75) is 38.7 Å². The lowest BCUT2D eigenvalue weighted by molar-refractivity contribution is 0.242. The average Bonchev–Trinajstić information content (AvgIpc) is 2.50. The Kier molecular flexibility index (Phi) is 5.39. The quantitative estimate of drug-likeness (QED) is 0.859. The smallest absolute Gasteiger partial charge is 0.262 e. The van der Waals surface area contributed by atoms with Gasteiger partial charge in [-0.2, -0.15) is 0 Å². The van der Waals surface area contributed by atoms with E-state index in [0.29, 0.717) is 22.7 Å². The van der Waals surface area contributed by atoms with Gasteiger partial charge in [0, 0.05) is 5.69 Å². The molecule has 0 heterocycles. The molecule has 6 heteroatoms. The molecule has 0 aromatic heterocycles. The van der Waals surface area contributed by atoms with Crippen molar-refractivity contribution < 1.29 is 17.9 Å². The monoisotopic (exact) mass is 349 g/mol. The summed E-state index contributed by atoms with van der Waals surface area (Å²) < 4.78 is 38.7. The van der Waals surface area contributed by atoms with E-state index in [2.05, 4.69) is 4.72 Å². The highest BCUT2D eigenvalue weighted by Gasteiger charge is 2.19. The maximum Gasteiger partial charge on any atom is 0.262 e. The minimum atomic E-state index is -3.67. The SMILES string of the molecule is COc1cc(C)c(S(=O)(=O)Nc2ccc(OC(C)C)cc2)cc1C. The third kappa shape index (κ3) is 4.20. The van der Waals surface area contributed by atoms with Crippen molar-refractivity contribution in [1.82, 2.24) is 0 Å². The number of benzene rings is 2. The summed E-state index contributed by atoms with van der Waals surface area (Å²) in [6.45, 7) is 7.43. The van der Waals surface area contributed by atoms with Crippen LogP contribution in [0.5, 0.6) is 11.5 Å². The molecule has 0 saturated heterocycles. The van der Waals surface area contributed by atoms with Crippen LogP contribution >= 0.6 is 0 Å². The maximum absolute atomic E-state index is 12.7. The number of methoxy groups -OCH3 is 1. The number of hydrogen-bond donors (Lipinski definition) is 1. The fourth-order valence-electron chi connectivity index (χ4n) is 2.36. The Morgan fingerprint density at radius 3 is 2.17 bits per heavy atom. The lowest BCUT2D eigenvalue weighted by atomic mass is 10.1. The highest BCUT2D eigenvalue weighted by atomic mass is 32.2. The Labute approximate surface area is 143 Å². The largest absolute Gasteiger partial charge is 0.496 e. The molecule has 0 aliphatic rings. The van der Waals surface area contributed by atoms with Crippen LogP contribution < -0.4 is 14.2 Å². The van der Waals surface area contributed by atoms with E-state index < -0.39 is 10.0 Å². The van der Waals surface area contributed by atoms with Crippen LogP contribution in [-0.2, 0) is 10.0 Å². The summed E-state index contributed by atoms with van der Waals surface area (Å²) in [5.41, 5.74) is 1.88. The normalized spacial score (nSPS) is 11.4. The number of aryl methyl sites for hydroxylation is 2. The van der Waals surface area contributed by atoms with Gasteiger partial charge in [0.15, 0.2) is 0 Å². The minimum absolute atomic E-state index is 0.0671. The summed E-state index contributed by atoms with van der Waals surface area (Å²) in [7, 11) is -2.11. The molecule has 1 N–H and O–H groups in total. The molecule has 5 nitrogen and oxygen atoms in total. The van der Waals surface area contributed by atoms with Crippen LogP contribution in [0.1, 0.15) is 25.0 Å². The van der Waals surface area contributed by atoms with E-state index in [0.717, 1.165) is 5.56 Å². The molecule has 130 valence electrons. The predicted octanol–water partition coefficient (Wildman–Crippen LogP) is 3.90. The second kappa shape index (κ2) is 7.13.